The summed E-state index contributed by atoms with van der Waals surface area (Å²) in [6, 6.07) is 4.18. The Bertz CT molecular complexity index is 743. The normalized spacial score (nSPS) is 15.2. The Hall–Kier alpha value is -2.77. The molecule has 1 aliphatic carbocycles. The number of methoxy groups -OCH3 is 1. The van der Waals surface area contributed by atoms with E-state index >= 15 is 0 Å². The van der Waals surface area contributed by atoms with E-state index in [0.29, 0.717) is 24.0 Å². The van der Waals surface area contributed by atoms with Gasteiger partial charge in [0.15, 0.2) is 17.6 Å². The van der Waals surface area contributed by atoms with Gasteiger partial charge in [-0.15, -0.1) is 0 Å². The highest BCUT2D eigenvalue weighted by molar-refractivity contribution is 5.98. The molecule has 1 saturated carbocycles. The molecule has 0 heterocycles. The zero-order valence-electron chi connectivity index (χ0n) is 18.2. The number of esters is 1. The summed E-state index contributed by atoms with van der Waals surface area (Å²) in [5.41, 5.74) is 0.218. The second-order valence-corrected chi connectivity index (χ2v) is 7.92. The van der Waals surface area contributed by atoms with E-state index in [0.717, 1.165) is 25.7 Å². The van der Waals surface area contributed by atoms with E-state index in [1.54, 1.807) is 12.1 Å². The summed E-state index contributed by atoms with van der Waals surface area (Å²) in [6.45, 7) is 5.99. The van der Waals surface area contributed by atoms with Crippen molar-refractivity contribution in [3.63, 3.8) is 0 Å². The quantitative estimate of drug-likeness (QED) is 0.625. The van der Waals surface area contributed by atoms with E-state index in [4.69, 9.17) is 14.2 Å². The van der Waals surface area contributed by atoms with Crippen LogP contribution in [-0.4, -0.2) is 43.8 Å². The van der Waals surface area contributed by atoms with Gasteiger partial charge in [-0.25, -0.2) is 9.59 Å². The maximum Gasteiger partial charge on any atom is 0.339 e. The van der Waals surface area contributed by atoms with Crippen LogP contribution in [0.5, 0.6) is 11.5 Å². The van der Waals surface area contributed by atoms with Gasteiger partial charge in [0.05, 0.1) is 19.3 Å². The third-order valence-corrected chi connectivity index (χ3v) is 4.80. The number of benzene rings is 1. The van der Waals surface area contributed by atoms with Crippen molar-refractivity contribution in [2.24, 2.45) is 5.92 Å². The number of carbonyl (C=O) groups is 3. The van der Waals surface area contributed by atoms with E-state index < -0.39 is 24.0 Å². The highest BCUT2D eigenvalue weighted by atomic mass is 16.5. The molecule has 0 saturated heterocycles. The molecule has 166 valence electrons. The molecule has 0 aliphatic heterocycles. The molecule has 1 aliphatic rings. The Labute approximate surface area is 177 Å². The van der Waals surface area contributed by atoms with Crippen molar-refractivity contribution in [1.82, 2.24) is 10.6 Å². The molecule has 0 aromatic heterocycles. The minimum absolute atomic E-state index is 0.0771. The van der Waals surface area contributed by atoms with Crippen LogP contribution in [0.1, 0.15) is 63.2 Å². The largest absolute Gasteiger partial charge is 0.493 e. The Morgan fingerprint density at radius 3 is 2.40 bits per heavy atom. The standard InChI is InChI=1S/C22H32N2O6/c1-14(2)13-29-18-11-10-16(12-19(18)28-4)21(26)30-15(3)20(25)24-22(27)23-17-8-6-5-7-9-17/h10-12,14-15,17H,5-9,13H2,1-4H3,(H2,23,24,25,27)/t15-/m0/s1. The first-order valence-corrected chi connectivity index (χ1v) is 10.4. The number of imide groups is 1. The number of hydrogen-bond acceptors (Lipinski definition) is 6. The van der Waals surface area contributed by atoms with Crippen LogP contribution in [0.25, 0.3) is 0 Å². The molecule has 1 fully saturated rings. The van der Waals surface area contributed by atoms with Gasteiger partial charge in [0.1, 0.15) is 0 Å². The molecular weight excluding hydrogens is 388 g/mol. The van der Waals surface area contributed by atoms with Crippen molar-refractivity contribution in [2.75, 3.05) is 13.7 Å². The van der Waals surface area contributed by atoms with Crippen LogP contribution >= 0.6 is 0 Å². The molecule has 1 aromatic rings. The summed E-state index contributed by atoms with van der Waals surface area (Å²) < 4.78 is 16.1. The summed E-state index contributed by atoms with van der Waals surface area (Å²) in [6.07, 6.45) is 3.99. The lowest BCUT2D eigenvalue weighted by Gasteiger charge is -2.23. The zero-order chi connectivity index (χ0) is 22.1. The van der Waals surface area contributed by atoms with Gasteiger partial charge in [0.25, 0.3) is 5.91 Å². The lowest BCUT2D eigenvalue weighted by atomic mass is 9.96. The average molecular weight is 421 g/mol. The molecule has 2 rings (SSSR count). The van der Waals surface area contributed by atoms with Crippen molar-refractivity contribution >= 4 is 17.9 Å². The second-order valence-electron chi connectivity index (χ2n) is 7.92. The maximum atomic E-state index is 12.4. The fraction of sp³-hybridized carbons (Fsp3) is 0.591. The number of amides is 3. The Kier molecular flexibility index (Phi) is 8.95. The molecule has 8 heteroatoms. The third-order valence-electron chi connectivity index (χ3n) is 4.80. The molecule has 8 nitrogen and oxygen atoms in total. The van der Waals surface area contributed by atoms with Crippen molar-refractivity contribution in [1.29, 1.82) is 0 Å². The van der Waals surface area contributed by atoms with E-state index in [1.165, 1.54) is 26.5 Å². The number of rotatable bonds is 8. The lowest BCUT2D eigenvalue weighted by molar-refractivity contribution is -0.127. The van der Waals surface area contributed by atoms with Crippen LogP contribution in [0, 0.1) is 5.92 Å². The molecule has 0 bridgehead atoms. The number of ether oxygens (including phenoxy) is 3. The van der Waals surface area contributed by atoms with Crippen molar-refractivity contribution in [3.8, 4) is 11.5 Å². The third kappa shape index (κ3) is 7.24. The fourth-order valence-corrected chi connectivity index (χ4v) is 3.13. The molecule has 0 spiro atoms. The highest BCUT2D eigenvalue weighted by Crippen LogP contribution is 2.29. The van der Waals surface area contributed by atoms with E-state index in [-0.39, 0.29) is 11.6 Å². The van der Waals surface area contributed by atoms with Crippen LogP contribution in [0.2, 0.25) is 0 Å². The first-order chi connectivity index (χ1) is 14.3. The minimum Gasteiger partial charge on any atom is -0.493 e. The molecular formula is C22H32N2O6. The number of hydrogen-bond donors (Lipinski definition) is 2. The second kappa shape index (κ2) is 11.4. The Morgan fingerprint density at radius 1 is 1.07 bits per heavy atom. The minimum atomic E-state index is -1.13. The topological polar surface area (TPSA) is 103 Å². The highest BCUT2D eigenvalue weighted by Gasteiger charge is 2.23. The van der Waals surface area contributed by atoms with E-state index in [2.05, 4.69) is 10.6 Å². The van der Waals surface area contributed by atoms with Crippen molar-refractivity contribution < 1.29 is 28.6 Å². The van der Waals surface area contributed by atoms with Gasteiger partial charge in [-0.1, -0.05) is 33.1 Å². The van der Waals surface area contributed by atoms with Crippen LogP contribution < -0.4 is 20.1 Å². The lowest BCUT2D eigenvalue weighted by Crippen LogP contribution is -2.48. The van der Waals surface area contributed by atoms with Crippen LogP contribution in [-0.2, 0) is 9.53 Å². The van der Waals surface area contributed by atoms with Crippen molar-refractivity contribution in [3.05, 3.63) is 23.8 Å². The molecule has 0 unspecified atom stereocenters. The number of urea groups is 1. The smallest absolute Gasteiger partial charge is 0.339 e. The molecule has 1 atom stereocenters. The van der Waals surface area contributed by atoms with E-state index in [1.807, 2.05) is 13.8 Å². The molecule has 1 aromatic carbocycles. The monoisotopic (exact) mass is 420 g/mol. The number of carbonyl (C=O) groups excluding carboxylic acids is 3. The van der Waals surface area contributed by atoms with Gasteiger partial charge in [-0.3, -0.25) is 10.1 Å². The van der Waals surface area contributed by atoms with Gasteiger partial charge in [-0.2, -0.15) is 0 Å². The zero-order valence-corrected chi connectivity index (χ0v) is 18.2. The summed E-state index contributed by atoms with van der Waals surface area (Å²) in [5, 5.41) is 5.02. The van der Waals surface area contributed by atoms with Gasteiger partial charge in [0.2, 0.25) is 0 Å². The summed E-state index contributed by atoms with van der Waals surface area (Å²) in [4.78, 5) is 36.6. The van der Waals surface area contributed by atoms with E-state index in [9.17, 15) is 14.4 Å². The molecule has 0 radical (unpaired) electrons. The summed E-state index contributed by atoms with van der Waals surface area (Å²) in [5.74, 6) is -0.115. The fourth-order valence-electron chi connectivity index (χ4n) is 3.13. The Morgan fingerprint density at radius 2 is 1.77 bits per heavy atom. The number of nitrogens with one attached hydrogen (secondary N) is 2. The van der Waals surface area contributed by atoms with Gasteiger partial charge >= 0.3 is 12.0 Å². The maximum absolute atomic E-state index is 12.4. The average Bonchev–Trinajstić information content (AvgIpc) is 2.72. The van der Waals surface area contributed by atoms with Crippen LogP contribution in [0.15, 0.2) is 18.2 Å². The first kappa shape index (κ1) is 23.5. The SMILES string of the molecule is COc1cc(C(=O)O[C@@H](C)C(=O)NC(=O)NC2CCCCC2)ccc1OCC(C)C. The van der Waals surface area contributed by atoms with Crippen LogP contribution in [0.3, 0.4) is 0 Å². The molecule has 2 N–H and O–H groups in total. The molecule has 3 amide bonds. The summed E-state index contributed by atoms with van der Waals surface area (Å²) in [7, 11) is 1.48. The first-order valence-electron chi connectivity index (χ1n) is 10.4. The van der Waals surface area contributed by atoms with Gasteiger partial charge in [-0.05, 0) is 43.9 Å². The molecule has 30 heavy (non-hydrogen) atoms. The van der Waals surface area contributed by atoms with Gasteiger partial charge < -0.3 is 19.5 Å². The van der Waals surface area contributed by atoms with Crippen LogP contribution in [0.4, 0.5) is 4.79 Å². The van der Waals surface area contributed by atoms with Gasteiger partial charge in [0, 0.05) is 6.04 Å². The predicted octanol–water partition coefficient (Wildman–Crippen LogP) is 3.43. The Balaban J connectivity index is 1.89. The summed E-state index contributed by atoms with van der Waals surface area (Å²) >= 11 is 0. The van der Waals surface area contributed by atoms with Crippen molar-refractivity contribution in [2.45, 2.75) is 65.0 Å². The predicted molar refractivity (Wildman–Crippen MR) is 112 cm³/mol.